The van der Waals surface area contributed by atoms with Crippen LogP contribution in [0.15, 0.2) is 12.7 Å². The molecule has 0 bridgehead atoms. The van der Waals surface area contributed by atoms with Crippen LogP contribution in [0.1, 0.15) is 26.2 Å². The van der Waals surface area contributed by atoms with Crippen molar-refractivity contribution in [2.75, 3.05) is 0 Å². The van der Waals surface area contributed by atoms with Gasteiger partial charge in [-0.2, -0.15) is 0 Å². The molecule has 2 N–H and O–H groups in total. The highest BCUT2D eigenvalue weighted by Gasteiger charge is 2.17. The Kier molecular flexibility index (Phi) is 5.59. The van der Waals surface area contributed by atoms with Gasteiger partial charge in [-0.05, 0) is 6.42 Å². The van der Waals surface area contributed by atoms with Gasteiger partial charge >= 0.3 is 5.97 Å². The minimum atomic E-state index is -0.987. The summed E-state index contributed by atoms with van der Waals surface area (Å²) in [5.41, 5.74) is 0. The van der Waals surface area contributed by atoms with E-state index in [1.165, 1.54) is 6.08 Å². The molecule has 4 nitrogen and oxygen atoms in total. The summed E-state index contributed by atoms with van der Waals surface area (Å²) in [7, 11) is 0. The molecule has 74 valence electrons. The van der Waals surface area contributed by atoms with E-state index in [4.69, 9.17) is 5.11 Å². The zero-order chi connectivity index (χ0) is 10.3. The standard InChI is InChI=1S/C9H15NO3/c1-3-5-7(9(12)13)10-8(11)6-4-2/h4,7H,2-3,5-6H2,1H3,(H,10,11)(H,12,13)/t7-/m1/s1. The van der Waals surface area contributed by atoms with Gasteiger partial charge in [-0.1, -0.05) is 19.4 Å². The number of carbonyl (C=O) groups excluding carboxylic acids is 1. The molecule has 1 atom stereocenters. The zero-order valence-corrected chi connectivity index (χ0v) is 7.75. The summed E-state index contributed by atoms with van der Waals surface area (Å²) in [5.74, 6) is -1.28. The number of carboxylic acid groups (broad SMARTS) is 1. The van der Waals surface area contributed by atoms with Crippen molar-refractivity contribution >= 4 is 11.9 Å². The molecule has 0 unspecified atom stereocenters. The van der Waals surface area contributed by atoms with Crippen LogP contribution in [-0.2, 0) is 9.59 Å². The average molecular weight is 185 g/mol. The van der Waals surface area contributed by atoms with Crippen LogP contribution in [0.3, 0.4) is 0 Å². The van der Waals surface area contributed by atoms with Crippen molar-refractivity contribution in [3.63, 3.8) is 0 Å². The van der Waals surface area contributed by atoms with Crippen LogP contribution in [0.5, 0.6) is 0 Å². The largest absolute Gasteiger partial charge is 0.480 e. The third-order valence-corrected chi connectivity index (χ3v) is 1.54. The summed E-state index contributed by atoms with van der Waals surface area (Å²) >= 11 is 0. The molecule has 0 aromatic rings. The first kappa shape index (κ1) is 11.7. The number of hydrogen-bond acceptors (Lipinski definition) is 2. The van der Waals surface area contributed by atoms with Crippen molar-refractivity contribution in [2.24, 2.45) is 0 Å². The number of amides is 1. The molecule has 0 aliphatic rings. The van der Waals surface area contributed by atoms with E-state index >= 15 is 0 Å². The Morgan fingerprint density at radius 1 is 1.62 bits per heavy atom. The first-order valence-electron chi connectivity index (χ1n) is 4.24. The maximum absolute atomic E-state index is 11.0. The summed E-state index contributed by atoms with van der Waals surface area (Å²) in [6.45, 7) is 5.26. The number of hydrogen-bond donors (Lipinski definition) is 2. The van der Waals surface area contributed by atoms with Gasteiger partial charge in [-0.25, -0.2) is 4.79 Å². The van der Waals surface area contributed by atoms with Gasteiger partial charge in [0.2, 0.25) is 5.91 Å². The van der Waals surface area contributed by atoms with Crippen molar-refractivity contribution in [1.82, 2.24) is 5.32 Å². The first-order chi connectivity index (χ1) is 6.11. The Morgan fingerprint density at radius 2 is 2.23 bits per heavy atom. The second kappa shape index (κ2) is 6.22. The first-order valence-corrected chi connectivity index (χ1v) is 4.24. The minimum Gasteiger partial charge on any atom is -0.480 e. The molecule has 13 heavy (non-hydrogen) atoms. The Bertz CT molecular complexity index is 201. The average Bonchev–Trinajstić information content (AvgIpc) is 2.04. The van der Waals surface area contributed by atoms with Gasteiger partial charge in [0, 0.05) is 6.42 Å². The maximum atomic E-state index is 11.0. The number of carbonyl (C=O) groups is 2. The molecule has 4 heteroatoms. The van der Waals surface area contributed by atoms with Crippen molar-refractivity contribution in [3.8, 4) is 0 Å². The fourth-order valence-corrected chi connectivity index (χ4v) is 0.930. The summed E-state index contributed by atoms with van der Waals surface area (Å²) < 4.78 is 0. The summed E-state index contributed by atoms with van der Waals surface area (Å²) in [6.07, 6.45) is 2.79. The fraction of sp³-hybridized carbons (Fsp3) is 0.556. The molecular formula is C9H15NO3. The topological polar surface area (TPSA) is 66.4 Å². The van der Waals surface area contributed by atoms with Crippen LogP contribution in [0.4, 0.5) is 0 Å². The van der Waals surface area contributed by atoms with E-state index in [-0.39, 0.29) is 12.3 Å². The molecular weight excluding hydrogens is 170 g/mol. The predicted molar refractivity (Wildman–Crippen MR) is 49.3 cm³/mol. The van der Waals surface area contributed by atoms with Crippen LogP contribution in [-0.4, -0.2) is 23.0 Å². The Labute approximate surface area is 77.6 Å². The van der Waals surface area contributed by atoms with Crippen LogP contribution in [0.25, 0.3) is 0 Å². The molecule has 0 saturated heterocycles. The lowest BCUT2D eigenvalue weighted by atomic mass is 10.1. The third kappa shape index (κ3) is 5.00. The number of carboxylic acids is 1. The lowest BCUT2D eigenvalue weighted by Crippen LogP contribution is -2.40. The monoisotopic (exact) mass is 185 g/mol. The molecule has 1 amide bonds. The lowest BCUT2D eigenvalue weighted by molar-refractivity contribution is -0.141. The Balaban J connectivity index is 4.01. The molecule has 0 aliphatic carbocycles. The smallest absolute Gasteiger partial charge is 0.326 e. The number of aliphatic carboxylic acids is 1. The van der Waals surface area contributed by atoms with E-state index in [0.717, 1.165) is 6.42 Å². The zero-order valence-electron chi connectivity index (χ0n) is 7.75. The van der Waals surface area contributed by atoms with Gasteiger partial charge in [-0.3, -0.25) is 4.79 Å². The molecule has 0 aliphatic heterocycles. The van der Waals surface area contributed by atoms with E-state index in [1.807, 2.05) is 6.92 Å². The summed E-state index contributed by atoms with van der Waals surface area (Å²) in [6, 6.07) is -0.766. The Morgan fingerprint density at radius 3 is 2.62 bits per heavy atom. The molecule has 0 radical (unpaired) electrons. The molecule has 0 aromatic carbocycles. The van der Waals surface area contributed by atoms with Gasteiger partial charge < -0.3 is 10.4 Å². The second-order valence-electron chi connectivity index (χ2n) is 2.74. The highest BCUT2D eigenvalue weighted by atomic mass is 16.4. The molecule has 0 spiro atoms. The van der Waals surface area contributed by atoms with E-state index in [1.54, 1.807) is 0 Å². The van der Waals surface area contributed by atoms with E-state index in [2.05, 4.69) is 11.9 Å². The fourth-order valence-electron chi connectivity index (χ4n) is 0.930. The maximum Gasteiger partial charge on any atom is 0.326 e. The summed E-state index contributed by atoms with van der Waals surface area (Å²) in [4.78, 5) is 21.6. The molecule has 0 fully saturated rings. The molecule has 0 heterocycles. The quantitative estimate of drug-likeness (QED) is 0.605. The highest BCUT2D eigenvalue weighted by molar-refractivity contribution is 5.84. The van der Waals surface area contributed by atoms with Crippen molar-refractivity contribution in [3.05, 3.63) is 12.7 Å². The van der Waals surface area contributed by atoms with Gasteiger partial charge in [0.15, 0.2) is 0 Å². The van der Waals surface area contributed by atoms with Crippen LogP contribution < -0.4 is 5.32 Å². The van der Waals surface area contributed by atoms with Crippen molar-refractivity contribution in [1.29, 1.82) is 0 Å². The SMILES string of the molecule is C=CCC(=O)N[C@H](CCC)C(=O)O. The summed E-state index contributed by atoms with van der Waals surface area (Å²) in [5, 5.41) is 11.1. The van der Waals surface area contributed by atoms with Gasteiger partial charge in [0.25, 0.3) is 0 Å². The second-order valence-corrected chi connectivity index (χ2v) is 2.74. The van der Waals surface area contributed by atoms with Crippen LogP contribution in [0, 0.1) is 0 Å². The van der Waals surface area contributed by atoms with E-state index in [9.17, 15) is 9.59 Å². The van der Waals surface area contributed by atoms with Gasteiger partial charge in [0.1, 0.15) is 6.04 Å². The van der Waals surface area contributed by atoms with Gasteiger partial charge in [-0.15, -0.1) is 6.58 Å². The number of nitrogens with one attached hydrogen (secondary N) is 1. The van der Waals surface area contributed by atoms with Gasteiger partial charge in [0.05, 0.1) is 0 Å². The van der Waals surface area contributed by atoms with E-state index < -0.39 is 12.0 Å². The van der Waals surface area contributed by atoms with Crippen molar-refractivity contribution < 1.29 is 14.7 Å². The van der Waals surface area contributed by atoms with Crippen LogP contribution in [0.2, 0.25) is 0 Å². The lowest BCUT2D eigenvalue weighted by Gasteiger charge is -2.12. The normalized spacial score (nSPS) is 11.8. The van der Waals surface area contributed by atoms with Crippen molar-refractivity contribution in [2.45, 2.75) is 32.2 Å². The van der Waals surface area contributed by atoms with E-state index in [0.29, 0.717) is 6.42 Å². The minimum absolute atomic E-state index is 0.160. The molecule has 0 saturated carbocycles. The molecule has 0 aromatic heterocycles. The predicted octanol–water partition coefficient (Wildman–Crippen LogP) is 0.932. The third-order valence-electron chi connectivity index (χ3n) is 1.54. The highest BCUT2D eigenvalue weighted by Crippen LogP contribution is 1.97. The number of rotatable bonds is 6. The Hall–Kier alpha value is -1.32. The van der Waals surface area contributed by atoms with Crippen LogP contribution >= 0.6 is 0 Å². The molecule has 0 rings (SSSR count).